The number of morpholine rings is 1. The van der Waals surface area contributed by atoms with Gasteiger partial charge in [0.25, 0.3) is 11.8 Å². The lowest BCUT2D eigenvalue weighted by atomic mass is 9.94. The van der Waals surface area contributed by atoms with E-state index in [1.165, 1.54) is 17.9 Å². The molecular formula is C24H27N5O7. The van der Waals surface area contributed by atoms with E-state index in [1.807, 2.05) is 0 Å². The molecule has 2 aliphatic heterocycles. The highest BCUT2D eigenvalue weighted by Gasteiger charge is 2.50. The lowest BCUT2D eigenvalue weighted by Crippen LogP contribution is -2.63. The van der Waals surface area contributed by atoms with Gasteiger partial charge in [-0.15, -0.1) is 0 Å². The zero-order valence-electron chi connectivity index (χ0n) is 19.7. The van der Waals surface area contributed by atoms with E-state index in [9.17, 15) is 14.7 Å². The number of ether oxygens (including phenoxy) is 3. The van der Waals surface area contributed by atoms with E-state index in [1.54, 1.807) is 30.3 Å². The first-order valence-corrected chi connectivity index (χ1v) is 11.7. The molecule has 12 nitrogen and oxygen atoms in total. The van der Waals surface area contributed by atoms with Crippen LogP contribution in [0.15, 0.2) is 40.9 Å². The summed E-state index contributed by atoms with van der Waals surface area (Å²) in [5.41, 5.74) is 4.59. The number of aromatic nitrogens is 2. The van der Waals surface area contributed by atoms with Gasteiger partial charge in [-0.2, -0.15) is 4.98 Å². The average Bonchev–Trinajstić information content (AvgIpc) is 3.26. The van der Waals surface area contributed by atoms with Gasteiger partial charge in [-0.25, -0.2) is 0 Å². The lowest BCUT2D eigenvalue weighted by molar-refractivity contribution is -0.170. The number of benzene rings is 1. The van der Waals surface area contributed by atoms with Crippen LogP contribution in [0.1, 0.15) is 19.8 Å². The van der Waals surface area contributed by atoms with Gasteiger partial charge in [-0.3, -0.25) is 14.5 Å². The minimum Gasteiger partial charge on any atom is -0.474 e. The summed E-state index contributed by atoms with van der Waals surface area (Å²) in [5, 5.41) is 17.7. The number of rotatable bonds is 6. The Labute approximate surface area is 206 Å². The van der Waals surface area contributed by atoms with Crippen LogP contribution in [0, 0.1) is 0 Å². The van der Waals surface area contributed by atoms with Crippen molar-refractivity contribution in [3.63, 3.8) is 0 Å². The van der Waals surface area contributed by atoms with E-state index in [0.717, 1.165) is 12.8 Å². The summed E-state index contributed by atoms with van der Waals surface area (Å²) in [6.45, 7) is 2.95. The van der Waals surface area contributed by atoms with E-state index in [2.05, 4.69) is 15.5 Å². The van der Waals surface area contributed by atoms with Crippen molar-refractivity contribution in [1.82, 2.24) is 10.1 Å². The Kier molecular flexibility index (Phi) is 6.48. The van der Waals surface area contributed by atoms with Gasteiger partial charge in [-0.05, 0) is 25.1 Å². The van der Waals surface area contributed by atoms with E-state index in [0.29, 0.717) is 41.6 Å². The highest BCUT2D eigenvalue weighted by molar-refractivity contribution is 6.06. The van der Waals surface area contributed by atoms with Crippen molar-refractivity contribution >= 4 is 40.1 Å². The van der Waals surface area contributed by atoms with Crippen molar-refractivity contribution < 1.29 is 33.4 Å². The van der Waals surface area contributed by atoms with Crippen LogP contribution in [0.5, 0.6) is 5.88 Å². The first-order valence-electron chi connectivity index (χ1n) is 11.7. The van der Waals surface area contributed by atoms with Gasteiger partial charge in [0.05, 0.1) is 31.8 Å². The van der Waals surface area contributed by atoms with Crippen molar-refractivity contribution in [2.24, 2.45) is 0 Å². The summed E-state index contributed by atoms with van der Waals surface area (Å²) in [4.78, 5) is 32.2. The summed E-state index contributed by atoms with van der Waals surface area (Å²) < 4.78 is 22.1. The number of anilines is 3. The number of nitrogens with two attached hydrogens (primary N) is 1. The average molecular weight is 498 g/mol. The number of carbonyl (C=O) groups excluding carboxylic acids is 2. The summed E-state index contributed by atoms with van der Waals surface area (Å²) in [7, 11) is 0. The molecule has 0 bridgehead atoms. The SMILES string of the molecule is C[C@]1([C@@H](O)C(=O)Nc2ccc3c(N)noc3c2)OCCN(c2cccc(OC3CCOCC3)n2)C1=O. The molecule has 0 aliphatic carbocycles. The first kappa shape index (κ1) is 24.0. The molecule has 190 valence electrons. The summed E-state index contributed by atoms with van der Waals surface area (Å²) >= 11 is 0. The second-order valence-electron chi connectivity index (χ2n) is 8.85. The molecule has 2 amide bonds. The zero-order valence-corrected chi connectivity index (χ0v) is 19.7. The number of nitrogens with zero attached hydrogens (tertiary/aromatic N) is 3. The molecule has 4 N–H and O–H groups in total. The van der Waals surface area contributed by atoms with Crippen molar-refractivity contribution in [1.29, 1.82) is 0 Å². The molecule has 2 aromatic heterocycles. The zero-order chi connectivity index (χ0) is 25.3. The monoisotopic (exact) mass is 497 g/mol. The smallest absolute Gasteiger partial charge is 0.263 e. The molecule has 4 heterocycles. The van der Waals surface area contributed by atoms with Crippen molar-refractivity contribution in [3.8, 4) is 5.88 Å². The Balaban J connectivity index is 1.30. The predicted molar refractivity (Wildman–Crippen MR) is 128 cm³/mol. The van der Waals surface area contributed by atoms with E-state index >= 15 is 0 Å². The van der Waals surface area contributed by atoms with Gasteiger partial charge in [0, 0.05) is 30.7 Å². The van der Waals surface area contributed by atoms with E-state index in [4.69, 9.17) is 24.5 Å². The van der Waals surface area contributed by atoms with Crippen LogP contribution in [0.2, 0.25) is 0 Å². The number of nitrogens with one attached hydrogen (secondary N) is 1. The third kappa shape index (κ3) is 4.57. The van der Waals surface area contributed by atoms with Crippen molar-refractivity contribution in [2.45, 2.75) is 37.6 Å². The number of aliphatic hydroxyl groups is 1. The molecule has 2 aliphatic rings. The third-order valence-electron chi connectivity index (χ3n) is 6.37. The second-order valence-corrected chi connectivity index (χ2v) is 8.85. The van der Waals surface area contributed by atoms with Gasteiger partial charge in [-0.1, -0.05) is 11.2 Å². The molecule has 3 aromatic rings. The minimum absolute atomic E-state index is 0.00899. The maximum absolute atomic E-state index is 13.5. The standard InChI is InChI=1S/C24H27N5O7/c1-24(20(30)22(31)26-14-5-6-16-17(13-14)36-28-21(16)25)23(32)29(9-12-34-24)18-3-2-4-19(27-18)35-15-7-10-33-11-8-15/h2-6,13,15,20,30H,7-12H2,1H3,(H2,25,28)(H,26,31)/t20-,24+/m0/s1. The number of fused-ring (bicyclic) bond motifs is 1. The Morgan fingerprint density at radius 2 is 2.08 bits per heavy atom. The molecule has 5 rings (SSSR count). The molecule has 0 radical (unpaired) electrons. The molecule has 2 atom stereocenters. The van der Waals surface area contributed by atoms with Crippen molar-refractivity contribution in [2.75, 3.05) is 42.3 Å². The molecule has 0 saturated carbocycles. The summed E-state index contributed by atoms with van der Waals surface area (Å²) in [6, 6.07) is 9.89. The molecular weight excluding hydrogens is 470 g/mol. The molecule has 0 unspecified atom stereocenters. The Morgan fingerprint density at radius 3 is 2.89 bits per heavy atom. The van der Waals surface area contributed by atoms with Gasteiger partial charge in [0.1, 0.15) is 11.9 Å². The number of aliphatic hydroxyl groups excluding tert-OH is 1. The first-order chi connectivity index (χ1) is 17.3. The summed E-state index contributed by atoms with van der Waals surface area (Å²) in [5.74, 6) is -0.440. The van der Waals surface area contributed by atoms with Crippen molar-refractivity contribution in [3.05, 3.63) is 36.4 Å². The largest absolute Gasteiger partial charge is 0.474 e. The topological polar surface area (TPSA) is 162 Å². The number of pyridine rings is 1. The molecule has 12 heteroatoms. The maximum Gasteiger partial charge on any atom is 0.263 e. The lowest BCUT2D eigenvalue weighted by Gasteiger charge is -2.40. The van der Waals surface area contributed by atoms with Crippen LogP contribution in [0.4, 0.5) is 17.3 Å². The Bertz CT molecular complexity index is 1270. The minimum atomic E-state index is -1.83. The molecule has 36 heavy (non-hydrogen) atoms. The van der Waals surface area contributed by atoms with Crippen LogP contribution in [0.25, 0.3) is 11.0 Å². The van der Waals surface area contributed by atoms with Crippen LogP contribution in [0.3, 0.4) is 0 Å². The second kappa shape index (κ2) is 9.72. The maximum atomic E-state index is 13.5. The number of nitrogen functional groups attached to an aromatic ring is 1. The Morgan fingerprint density at radius 1 is 1.28 bits per heavy atom. The molecule has 2 saturated heterocycles. The van der Waals surface area contributed by atoms with Crippen LogP contribution in [-0.2, 0) is 19.1 Å². The molecule has 2 fully saturated rings. The third-order valence-corrected chi connectivity index (χ3v) is 6.37. The van der Waals surface area contributed by atoms with E-state index < -0.39 is 23.5 Å². The van der Waals surface area contributed by atoms with Gasteiger partial charge >= 0.3 is 0 Å². The van der Waals surface area contributed by atoms with Gasteiger partial charge < -0.3 is 34.9 Å². The quantitative estimate of drug-likeness (QED) is 0.455. The summed E-state index contributed by atoms with van der Waals surface area (Å²) in [6.07, 6.45) is -0.285. The molecule has 0 spiro atoms. The fraction of sp³-hybridized carbons (Fsp3) is 0.417. The van der Waals surface area contributed by atoms with Crippen LogP contribution < -0.4 is 20.7 Å². The van der Waals surface area contributed by atoms with Gasteiger partial charge in [0.2, 0.25) is 5.88 Å². The Hall–Kier alpha value is -3.74. The fourth-order valence-electron chi connectivity index (χ4n) is 4.27. The normalized spacial score (nSPS) is 21.9. The number of carbonyl (C=O) groups is 2. The highest BCUT2D eigenvalue weighted by Crippen LogP contribution is 2.30. The predicted octanol–water partition coefficient (Wildman–Crippen LogP) is 1.48. The van der Waals surface area contributed by atoms with Gasteiger partial charge in [0.15, 0.2) is 23.1 Å². The number of hydrogen-bond donors (Lipinski definition) is 3. The molecule has 1 aromatic carbocycles. The highest BCUT2D eigenvalue weighted by atomic mass is 16.5. The van der Waals surface area contributed by atoms with Crippen LogP contribution in [-0.4, -0.2) is 71.2 Å². The fourth-order valence-corrected chi connectivity index (χ4v) is 4.27. The number of amides is 2. The number of hydrogen-bond acceptors (Lipinski definition) is 10. The van der Waals surface area contributed by atoms with Crippen LogP contribution >= 0.6 is 0 Å². The van der Waals surface area contributed by atoms with E-state index in [-0.39, 0.29) is 25.1 Å².